The molecular weight excluding hydrogens is 459 g/mol. The summed E-state index contributed by atoms with van der Waals surface area (Å²) < 4.78 is 14.3. The highest BCUT2D eigenvalue weighted by Crippen LogP contribution is 2.19. The largest absolute Gasteiger partial charge is 0.356 e. The number of halogens is 1. The Kier molecular flexibility index (Phi) is 9.99. The SMILES string of the molecule is C=C/C=c1/c(=O)n(Cc2ccc(F)cc2)c(=O)[nH]/c1=C/C(C)C(=O)NCCCN1CCCCC1CC. The molecule has 2 aromatic rings. The number of rotatable bonds is 10. The number of hydrogen-bond donors (Lipinski definition) is 2. The molecule has 0 saturated carbocycles. The molecule has 1 amide bonds. The second-order valence-electron chi connectivity index (χ2n) is 9.37. The number of carbonyl (C=O) groups excluding carboxylic acids is 1. The number of hydrogen-bond acceptors (Lipinski definition) is 4. The fraction of sp³-hybridized carbons (Fsp3) is 0.464. The van der Waals surface area contributed by atoms with Crippen LogP contribution in [0.5, 0.6) is 0 Å². The van der Waals surface area contributed by atoms with Crippen LogP contribution < -0.4 is 27.1 Å². The Bertz CT molecular complexity index is 1280. The Morgan fingerprint density at radius 2 is 2.03 bits per heavy atom. The second-order valence-corrected chi connectivity index (χ2v) is 9.37. The molecule has 1 aromatic heterocycles. The molecule has 1 fully saturated rings. The first-order valence-electron chi connectivity index (χ1n) is 12.8. The zero-order valence-corrected chi connectivity index (χ0v) is 21.3. The molecule has 2 atom stereocenters. The van der Waals surface area contributed by atoms with E-state index in [1.165, 1.54) is 55.7 Å². The maximum atomic E-state index is 13.2. The molecule has 1 saturated heterocycles. The number of carbonyl (C=O) groups is 1. The molecule has 2 heterocycles. The van der Waals surface area contributed by atoms with Gasteiger partial charge in [-0.3, -0.25) is 14.2 Å². The maximum Gasteiger partial charge on any atom is 0.329 e. The van der Waals surface area contributed by atoms with Crippen LogP contribution in [0.4, 0.5) is 4.39 Å². The predicted octanol–water partition coefficient (Wildman–Crippen LogP) is 1.88. The van der Waals surface area contributed by atoms with Gasteiger partial charge in [0.2, 0.25) is 5.91 Å². The minimum atomic E-state index is -0.601. The highest BCUT2D eigenvalue weighted by atomic mass is 19.1. The number of amides is 1. The molecule has 1 aliphatic heterocycles. The maximum absolute atomic E-state index is 13.2. The van der Waals surface area contributed by atoms with Crippen molar-refractivity contribution < 1.29 is 9.18 Å². The lowest BCUT2D eigenvalue weighted by molar-refractivity contribution is -0.122. The number of likely N-dealkylation sites (tertiary alicyclic amines) is 1. The number of nitrogens with one attached hydrogen (secondary N) is 2. The molecule has 194 valence electrons. The lowest BCUT2D eigenvalue weighted by Gasteiger charge is -2.35. The van der Waals surface area contributed by atoms with E-state index < -0.39 is 23.0 Å². The van der Waals surface area contributed by atoms with Crippen LogP contribution in [-0.4, -0.2) is 46.0 Å². The van der Waals surface area contributed by atoms with Gasteiger partial charge in [-0.1, -0.05) is 45.1 Å². The van der Waals surface area contributed by atoms with E-state index in [4.69, 9.17) is 0 Å². The zero-order chi connectivity index (χ0) is 26.1. The molecule has 0 bridgehead atoms. The zero-order valence-electron chi connectivity index (χ0n) is 21.3. The third-order valence-electron chi connectivity index (χ3n) is 6.76. The first-order chi connectivity index (χ1) is 17.3. The number of H-pyrrole nitrogens is 1. The smallest absolute Gasteiger partial charge is 0.329 e. The van der Waals surface area contributed by atoms with Crippen molar-refractivity contribution in [3.63, 3.8) is 0 Å². The average Bonchev–Trinajstić information content (AvgIpc) is 2.87. The number of aromatic amines is 1. The van der Waals surface area contributed by atoms with E-state index in [1.54, 1.807) is 13.0 Å². The van der Waals surface area contributed by atoms with Crippen LogP contribution in [0, 0.1) is 11.7 Å². The first-order valence-corrected chi connectivity index (χ1v) is 12.8. The fourth-order valence-electron chi connectivity index (χ4n) is 4.73. The number of allylic oxidation sites excluding steroid dienone is 1. The van der Waals surface area contributed by atoms with Gasteiger partial charge in [0, 0.05) is 19.1 Å². The standard InChI is InChI=1S/C28H37FN4O3/c1-4-9-24-25(31-28(36)33(27(24)35)19-21-11-13-22(29)14-12-21)18-20(3)26(34)30-15-8-17-32-16-7-6-10-23(32)5-2/h4,9,11-14,18,20,23H,1,5-8,10,15-17,19H2,2-3H3,(H,30,34)(H,31,36)/b24-9+,25-18+. The molecule has 8 heteroatoms. The van der Waals surface area contributed by atoms with Crippen molar-refractivity contribution in [2.24, 2.45) is 5.92 Å². The monoisotopic (exact) mass is 496 g/mol. The van der Waals surface area contributed by atoms with Gasteiger partial charge >= 0.3 is 5.69 Å². The molecule has 0 spiro atoms. The molecule has 2 unspecified atom stereocenters. The highest BCUT2D eigenvalue weighted by molar-refractivity contribution is 5.83. The molecule has 0 aliphatic carbocycles. The summed E-state index contributed by atoms with van der Waals surface area (Å²) in [4.78, 5) is 43.8. The Balaban J connectivity index is 1.71. The van der Waals surface area contributed by atoms with Crippen molar-refractivity contribution in [3.05, 3.63) is 79.7 Å². The van der Waals surface area contributed by atoms with Gasteiger partial charge in [0.15, 0.2) is 0 Å². The van der Waals surface area contributed by atoms with E-state index in [-0.39, 0.29) is 23.0 Å². The third kappa shape index (κ3) is 7.13. The van der Waals surface area contributed by atoms with E-state index in [9.17, 15) is 18.8 Å². The van der Waals surface area contributed by atoms with Crippen molar-refractivity contribution in [3.8, 4) is 0 Å². The summed E-state index contributed by atoms with van der Waals surface area (Å²) >= 11 is 0. The van der Waals surface area contributed by atoms with Crippen LogP contribution in [0.15, 0.2) is 46.5 Å². The van der Waals surface area contributed by atoms with Gasteiger partial charge in [0.1, 0.15) is 5.82 Å². The van der Waals surface area contributed by atoms with Crippen molar-refractivity contribution in [2.45, 2.75) is 58.5 Å². The summed E-state index contributed by atoms with van der Waals surface area (Å²) in [5.74, 6) is -1.11. The van der Waals surface area contributed by atoms with Crippen LogP contribution >= 0.6 is 0 Å². The summed E-state index contributed by atoms with van der Waals surface area (Å²) in [6.07, 6.45) is 10.4. The fourth-order valence-corrected chi connectivity index (χ4v) is 4.73. The summed E-state index contributed by atoms with van der Waals surface area (Å²) in [5, 5.41) is 3.49. The third-order valence-corrected chi connectivity index (χ3v) is 6.76. The van der Waals surface area contributed by atoms with Crippen molar-refractivity contribution >= 4 is 18.1 Å². The molecule has 3 rings (SSSR count). The average molecular weight is 497 g/mol. The Hall–Kier alpha value is -3.26. The Morgan fingerprint density at radius 3 is 2.72 bits per heavy atom. The van der Waals surface area contributed by atoms with E-state index in [2.05, 4.69) is 28.7 Å². The van der Waals surface area contributed by atoms with Gasteiger partial charge in [-0.05, 0) is 62.1 Å². The minimum Gasteiger partial charge on any atom is -0.356 e. The molecule has 1 aliphatic rings. The minimum absolute atomic E-state index is 0.00133. The van der Waals surface area contributed by atoms with E-state index in [0.717, 1.165) is 30.5 Å². The van der Waals surface area contributed by atoms with Crippen LogP contribution in [-0.2, 0) is 11.3 Å². The predicted molar refractivity (Wildman–Crippen MR) is 141 cm³/mol. The number of aromatic nitrogens is 2. The van der Waals surface area contributed by atoms with Crippen LogP contribution in [0.3, 0.4) is 0 Å². The van der Waals surface area contributed by atoms with Crippen LogP contribution in [0.1, 0.15) is 51.5 Å². The highest BCUT2D eigenvalue weighted by Gasteiger charge is 2.20. The van der Waals surface area contributed by atoms with Crippen LogP contribution in [0.25, 0.3) is 12.2 Å². The lowest BCUT2D eigenvalue weighted by Crippen LogP contribution is -2.54. The summed E-state index contributed by atoms with van der Waals surface area (Å²) in [6.45, 7) is 10.3. The topological polar surface area (TPSA) is 87.2 Å². The molecular formula is C28H37FN4O3. The van der Waals surface area contributed by atoms with Gasteiger partial charge in [0.25, 0.3) is 5.56 Å². The van der Waals surface area contributed by atoms with Gasteiger partial charge in [-0.25, -0.2) is 9.18 Å². The summed E-state index contributed by atoms with van der Waals surface area (Å²) in [5.41, 5.74) is -0.488. The molecule has 7 nitrogen and oxygen atoms in total. The van der Waals surface area contributed by atoms with E-state index >= 15 is 0 Å². The van der Waals surface area contributed by atoms with Crippen molar-refractivity contribution in [1.82, 2.24) is 19.8 Å². The second kappa shape index (κ2) is 13.2. The normalized spacial score (nSPS) is 18.2. The van der Waals surface area contributed by atoms with Crippen LogP contribution in [0.2, 0.25) is 0 Å². The number of nitrogens with zero attached hydrogens (tertiary/aromatic N) is 2. The molecule has 2 N–H and O–H groups in total. The number of benzene rings is 1. The molecule has 36 heavy (non-hydrogen) atoms. The van der Waals surface area contributed by atoms with E-state index in [0.29, 0.717) is 18.2 Å². The quantitative estimate of drug-likeness (QED) is 0.492. The van der Waals surface area contributed by atoms with Gasteiger partial charge in [0.05, 0.1) is 23.0 Å². The van der Waals surface area contributed by atoms with Crippen molar-refractivity contribution in [2.75, 3.05) is 19.6 Å². The van der Waals surface area contributed by atoms with Gasteiger partial charge in [-0.15, -0.1) is 0 Å². The van der Waals surface area contributed by atoms with Gasteiger partial charge in [-0.2, -0.15) is 0 Å². The van der Waals surface area contributed by atoms with Gasteiger partial charge < -0.3 is 15.2 Å². The summed E-state index contributed by atoms with van der Waals surface area (Å²) in [7, 11) is 0. The van der Waals surface area contributed by atoms with E-state index in [1.807, 2.05) is 0 Å². The molecule has 0 radical (unpaired) electrons. The Labute approximate surface area is 211 Å². The number of piperidine rings is 1. The first kappa shape index (κ1) is 27.3. The molecule has 1 aromatic carbocycles. The lowest BCUT2D eigenvalue weighted by atomic mass is 10.00. The summed E-state index contributed by atoms with van der Waals surface area (Å²) in [6, 6.07) is 6.25. The Morgan fingerprint density at radius 1 is 1.28 bits per heavy atom. The van der Waals surface area contributed by atoms with Crippen molar-refractivity contribution in [1.29, 1.82) is 0 Å².